The van der Waals surface area contributed by atoms with E-state index in [1.807, 2.05) is 6.92 Å². The zero-order valence-electron chi connectivity index (χ0n) is 10.3. The monoisotopic (exact) mass is 220 g/mol. The molecule has 3 heteroatoms. The maximum Gasteiger partial charge on any atom is 0.182 e. The number of hydrogen-bond acceptors (Lipinski definition) is 2. The van der Waals surface area contributed by atoms with E-state index in [4.69, 9.17) is 0 Å². The molecule has 1 aromatic rings. The Hall–Kier alpha value is -1.09. The maximum absolute atomic E-state index is 11.5. The molecule has 88 valence electrons. The van der Waals surface area contributed by atoms with E-state index in [1.54, 1.807) is 12.1 Å². The molecule has 0 radical (unpaired) electrons. The standard InChI is InChI=1S/C13H20N2O/c1-9(2)15-6-4-5-13(15)12-8-11(16)7-10(3)14-12/h7-9,13H,4-6H2,1-3H3,(H,14,16). The summed E-state index contributed by atoms with van der Waals surface area (Å²) in [6, 6.07) is 4.33. The van der Waals surface area contributed by atoms with E-state index < -0.39 is 0 Å². The fraction of sp³-hybridized carbons (Fsp3) is 0.615. The predicted molar refractivity (Wildman–Crippen MR) is 65.6 cm³/mol. The summed E-state index contributed by atoms with van der Waals surface area (Å²) < 4.78 is 0. The number of rotatable bonds is 2. The van der Waals surface area contributed by atoms with E-state index in [1.165, 1.54) is 6.42 Å². The van der Waals surface area contributed by atoms with Crippen LogP contribution in [-0.2, 0) is 0 Å². The van der Waals surface area contributed by atoms with Crippen molar-refractivity contribution in [3.63, 3.8) is 0 Å². The van der Waals surface area contributed by atoms with Crippen molar-refractivity contribution in [3.8, 4) is 0 Å². The van der Waals surface area contributed by atoms with E-state index in [0.717, 1.165) is 24.4 Å². The number of aryl methyl sites for hydroxylation is 1. The second-order valence-corrected chi connectivity index (χ2v) is 4.94. The summed E-state index contributed by atoms with van der Waals surface area (Å²) in [6.07, 6.45) is 2.37. The fourth-order valence-corrected chi connectivity index (χ4v) is 2.63. The van der Waals surface area contributed by atoms with Crippen molar-refractivity contribution in [3.05, 3.63) is 33.7 Å². The second-order valence-electron chi connectivity index (χ2n) is 4.94. The van der Waals surface area contributed by atoms with Gasteiger partial charge < -0.3 is 4.98 Å². The Morgan fingerprint density at radius 3 is 2.81 bits per heavy atom. The van der Waals surface area contributed by atoms with Crippen LogP contribution in [0.2, 0.25) is 0 Å². The van der Waals surface area contributed by atoms with E-state index in [2.05, 4.69) is 23.7 Å². The van der Waals surface area contributed by atoms with Gasteiger partial charge in [0.15, 0.2) is 5.43 Å². The number of nitrogens with one attached hydrogen (secondary N) is 1. The van der Waals surface area contributed by atoms with Crippen LogP contribution in [0.15, 0.2) is 16.9 Å². The molecule has 1 aliphatic heterocycles. The summed E-state index contributed by atoms with van der Waals surface area (Å²) in [5.41, 5.74) is 2.15. The number of likely N-dealkylation sites (tertiary alicyclic amines) is 1. The molecular weight excluding hydrogens is 200 g/mol. The van der Waals surface area contributed by atoms with Gasteiger partial charge in [0.25, 0.3) is 0 Å². The average Bonchev–Trinajstić information content (AvgIpc) is 2.63. The molecule has 0 aliphatic carbocycles. The van der Waals surface area contributed by atoms with Crippen molar-refractivity contribution in [2.75, 3.05) is 6.54 Å². The van der Waals surface area contributed by atoms with Gasteiger partial charge >= 0.3 is 0 Å². The molecule has 16 heavy (non-hydrogen) atoms. The minimum Gasteiger partial charge on any atom is -0.361 e. The van der Waals surface area contributed by atoms with Crippen LogP contribution in [0.25, 0.3) is 0 Å². The van der Waals surface area contributed by atoms with Gasteiger partial charge in [-0.05, 0) is 40.2 Å². The lowest BCUT2D eigenvalue weighted by Crippen LogP contribution is -2.31. The molecule has 1 fully saturated rings. The van der Waals surface area contributed by atoms with Crippen LogP contribution in [0.5, 0.6) is 0 Å². The van der Waals surface area contributed by atoms with Gasteiger partial charge in [0, 0.05) is 29.6 Å². The molecule has 1 atom stereocenters. The van der Waals surface area contributed by atoms with Crippen LogP contribution in [0.3, 0.4) is 0 Å². The van der Waals surface area contributed by atoms with Gasteiger partial charge in [-0.3, -0.25) is 9.69 Å². The van der Waals surface area contributed by atoms with Crippen LogP contribution in [-0.4, -0.2) is 22.5 Å². The Morgan fingerprint density at radius 2 is 2.19 bits per heavy atom. The molecule has 2 heterocycles. The Balaban J connectivity index is 2.32. The molecule has 0 aromatic carbocycles. The number of aromatic amines is 1. The molecule has 0 saturated carbocycles. The molecule has 0 spiro atoms. The van der Waals surface area contributed by atoms with Crippen LogP contribution in [0.4, 0.5) is 0 Å². The van der Waals surface area contributed by atoms with E-state index >= 15 is 0 Å². The lowest BCUT2D eigenvalue weighted by Gasteiger charge is -2.28. The van der Waals surface area contributed by atoms with Crippen molar-refractivity contribution in [2.24, 2.45) is 0 Å². The van der Waals surface area contributed by atoms with Gasteiger partial charge in [-0.2, -0.15) is 0 Å². The summed E-state index contributed by atoms with van der Waals surface area (Å²) in [5, 5.41) is 0. The van der Waals surface area contributed by atoms with Gasteiger partial charge in [0.05, 0.1) is 6.04 Å². The van der Waals surface area contributed by atoms with Gasteiger partial charge in [-0.1, -0.05) is 0 Å². The number of H-pyrrole nitrogens is 1. The minimum absolute atomic E-state index is 0.113. The first-order valence-corrected chi connectivity index (χ1v) is 6.04. The quantitative estimate of drug-likeness (QED) is 0.829. The van der Waals surface area contributed by atoms with Crippen molar-refractivity contribution in [1.29, 1.82) is 0 Å². The Bertz CT molecular complexity index is 422. The normalized spacial score (nSPS) is 21.9. The lowest BCUT2D eigenvalue weighted by atomic mass is 10.1. The highest BCUT2D eigenvalue weighted by Crippen LogP contribution is 2.31. The second kappa shape index (κ2) is 4.42. The fourth-order valence-electron chi connectivity index (χ4n) is 2.63. The third-order valence-corrected chi connectivity index (χ3v) is 3.31. The van der Waals surface area contributed by atoms with Crippen molar-refractivity contribution >= 4 is 0 Å². The van der Waals surface area contributed by atoms with Gasteiger partial charge in [-0.15, -0.1) is 0 Å². The molecule has 0 bridgehead atoms. The SMILES string of the molecule is Cc1cc(=O)cc(C2CCCN2C(C)C)[nH]1. The summed E-state index contributed by atoms with van der Waals surface area (Å²) >= 11 is 0. The van der Waals surface area contributed by atoms with E-state index in [-0.39, 0.29) is 5.43 Å². The molecule has 1 aromatic heterocycles. The Kier molecular flexibility index (Phi) is 3.15. The van der Waals surface area contributed by atoms with Gasteiger partial charge in [-0.25, -0.2) is 0 Å². The topological polar surface area (TPSA) is 36.1 Å². The minimum atomic E-state index is 0.113. The molecule has 1 saturated heterocycles. The van der Waals surface area contributed by atoms with Crippen LogP contribution < -0.4 is 5.43 Å². The molecule has 3 nitrogen and oxygen atoms in total. The number of pyridine rings is 1. The van der Waals surface area contributed by atoms with Crippen molar-refractivity contribution in [2.45, 2.75) is 45.7 Å². The average molecular weight is 220 g/mol. The van der Waals surface area contributed by atoms with Crippen molar-refractivity contribution < 1.29 is 0 Å². The largest absolute Gasteiger partial charge is 0.361 e. The number of hydrogen-bond donors (Lipinski definition) is 1. The highest BCUT2D eigenvalue weighted by atomic mass is 16.1. The third-order valence-electron chi connectivity index (χ3n) is 3.31. The molecule has 1 N–H and O–H groups in total. The first kappa shape index (κ1) is 11.4. The Labute approximate surface area is 96.5 Å². The number of aromatic nitrogens is 1. The lowest BCUT2D eigenvalue weighted by molar-refractivity contribution is 0.202. The van der Waals surface area contributed by atoms with E-state index in [0.29, 0.717) is 12.1 Å². The van der Waals surface area contributed by atoms with Crippen LogP contribution >= 0.6 is 0 Å². The van der Waals surface area contributed by atoms with Crippen molar-refractivity contribution in [1.82, 2.24) is 9.88 Å². The smallest absolute Gasteiger partial charge is 0.182 e. The third kappa shape index (κ3) is 2.19. The molecule has 2 rings (SSSR count). The van der Waals surface area contributed by atoms with Crippen LogP contribution in [0, 0.1) is 6.92 Å². The number of nitrogens with zero attached hydrogens (tertiary/aromatic N) is 1. The Morgan fingerprint density at radius 1 is 1.44 bits per heavy atom. The first-order chi connectivity index (χ1) is 7.58. The predicted octanol–water partition coefficient (Wildman–Crippen LogP) is 2.23. The van der Waals surface area contributed by atoms with Gasteiger partial charge in [0.1, 0.15) is 0 Å². The molecular formula is C13H20N2O. The van der Waals surface area contributed by atoms with E-state index in [9.17, 15) is 4.79 Å². The zero-order chi connectivity index (χ0) is 11.7. The highest BCUT2D eigenvalue weighted by molar-refractivity contribution is 5.15. The summed E-state index contributed by atoms with van der Waals surface area (Å²) in [6.45, 7) is 7.51. The molecule has 1 aliphatic rings. The summed E-state index contributed by atoms with van der Waals surface area (Å²) in [7, 11) is 0. The summed E-state index contributed by atoms with van der Waals surface area (Å²) in [5.74, 6) is 0. The summed E-state index contributed by atoms with van der Waals surface area (Å²) in [4.78, 5) is 17.3. The maximum atomic E-state index is 11.5. The first-order valence-electron chi connectivity index (χ1n) is 6.04. The highest BCUT2D eigenvalue weighted by Gasteiger charge is 2.28. The molecule has 1 unspecified atom stereocenters. The molecule has 0 amide bonds. The van der Waals surface area contributed by atoms with Gasteiger partial charge in [0.2, 0.25) is 0 Å². The van der Waals surface area contributed by atoms with Crippen LogP contribution in [0.1, 0.15) is 44.1 Å². The zero-order valence-corrected chi connectivity index (χ0v) is 10.3.